The average molecular weight is 222 g/mol. The van der Waals surface area contributed by atoms with E-state index >= 15 is 0 Å². The SMILES string of the molecule is CC(C)Cn1ncnc1CC1CCCCN1. The van der Waals surface area contributed by atoms with Gasteiger partial charge in [-0.25, -0.2) is 9.67 Å². The molecule has 90 valence electrons. The maximum atomic E-state index is 4.38. The fourth-order valence-electron chi connectivity index (χ4n) is 2.26. The van der Waals surface area contributed by atoms with Crippen molar-refractivity contribution in [1.29, 1.82) is 0 Å². The third kappa shape index (κ3) is 3.04. The summed E-state index contributed by atoms with van der Waals surface area (Å²) in [5.74, 6) is 1.76. The highest BCUT2D eigenvalue weighted by atomic mass is 15.3. The van der Waals surface area contributed by atoms with Crippen molar-refractivity contribution in [3.8, 4) is 0 Å². The van der Waals surface area contributed by atoms with Gasteiger partial charge in [-0.3, -0.25) is 0 Å². The summed E-state index contributed by atoms with van der Waals surface area (Å²) in [7, 11) is 0. The maximum Gasteiger partial charge on any atom is 0.138 e. The molecule has 1 aliphatic heterocycles. The molecule has 0 saturated carbocycles. The molecule has 4 nitrogen and oxygen atoms in total. The molecule has 0 aromatic carbocycles. The molecule has 16 heavy (non-hydrogen) atoms. The first-order chi connectivity index (χ1) is 7.75. The zero-order valence-corrected chi connectivity index (χ0v) is 10.3. The zero-order chi connectivity index (χ0) is 11.4. The third-order valence-electron chi connectivity index (χ3n) is 3.08. The molecule has 1 aromatic rings. The van der Waals surface area contributed by atoms with Crippen LogP contribution in [-0.4, -0.2) is 27.4 Å². The van der Waals surface area contributed by atoms with Crippen molar-refractivity contribution >= 4 is 0 Å². The molecule has 1 atom stereocenters. The quantitative estimate of drug-likeness (QED) is 0.842. The van der Waals surface area contributed by atoms with E-state index in [0.29, 0.717) is 12.0 Å². The van der Waals surface area contributed by atoms with Gasteiger partial charge in [0.25, 0.3) is 0 Å². The second kappa shape index (κ2) is 5.43. The predicted octanol–water partition coefficient (Wildman–Crippen LogP) is 1.62. The largest absolute Gasteiger partial charge is 0.314 e. The van der Waals surface area contributed by atoms with Crippen LogP contribution in [-0.2, 0) is 13.0 Å². The van der Waals surface area contributed by atoms with Crippen LogP contribution in [0.4, 0.5) is 0 Å². The van der Waals surface area contributed by atoms with Crippen molar-refractivity contribution in [2.24, 2.45) is 5.92 Å². The van der Waals surface area contributed by atoms with Crippen LogP contribution in [0.5, 0.6) is 0 Å². The molecular formula is C12H22N4. The lowest BCUT2D eigenvalue weighted by molar-refractivity contribution is 0.380. The molecule has 1 unspecified atom stereocenters. The van der Waals surface area contributed by atoms with E-state index in [1.165, 1.54) is 19.3 Å². The van der Waals surface area contributed by atoms with Crippen LogP contribution in [0.1, 0.15) is 38.9 Å². The van der Waals surface area contributed by atoms with Crippen LogP contribution in [0.3, 0.4) is 0 Å². The monoisotopic (exact) mass is 222 g/mol. The molecule has 4 heteroatoms. The number of nitrogens with one attached hydrogen (secondary N) is 1. The van der Waals surface area contributed by atoms with E-state index in [1.807, 2.05) is 0 Å². The average Bonchev–Trinajstić information content (AvgIpc) is 2.66. The van der Waals surface area contributed by atoms with Gasteiger partial charge in [0.05, 0.1) is 0 Å². The van der Waals surface area contributed by atoms with Gasteiger partial charge in [0.1, 0.15) is 12.2 Å². The van der Waals surface area contributed by atoms with Crippen molar-refractivity contribution < 1.29 is 0 Å². The number of nitrogens with zero attached hydrogens (tertiary/aromatic N) is 3. The molecule has 1 saturated heterocycles. The Balaban J connectivity index is 1.94. The van der Waals surface area contributed by atoms with E-state index < -0.39 is 0 Å². The first-order valence-corrected chi connectivity index (χ1v) is 6.36. The van der Waals surface area contributed by atoms with Gasteiger partial charge in [0, 0.05) is 19.0 Å². The smallest absolute Gasteiger partial charge is 0.138 e. The summed E-state index contributed by atoms with van der Waals surface area (Å²) in [5, 5.41) is 7.86. The van der Waals surface area contributed by atoms with Gasteiger partial charge >= 0.3 is 0 Å². The first kappa shape index (κ1) is 11.6. The lowest BCUT2D eigenvalue weighted by Crippen LogP contribution is -2.36. The van der Waals surface area contributed by atoms with Crippen molar-refractivity contribution in [3.63, 3.8) is 0 Å². The molecule has 0 radical (unpaired) electrons. The van der Waals surface area contributed by atoms with E-state index in [1.54, 1.807) is 6.33 Å². The van der Waals surface area contributed by atoms with E-state index in [0.717, 1.165) is 25.3 Å². The minimum absolute atomic E-state index is 0.601. The second-order valence-electron chi connectivity index (χ2n) is 5.10. The molecule has 2 heterocycles. The van der Waals surface area contributed by atoms with Gasteiger partial charge in [0.15, 0.2) is 0 Å². The highest BCUT2D eigenvalue weighted by Crippen LogP contribution is 2.12. The predicted molar refractivity (Wildman–Crippen MR) is 64.2 cm³/mol. The fourth-order valence-corrected chi connectivity index (χ4v) is 2.26. The summed E-state index contributed by atoms with van der Waals surface area (Å²) in [6, 6.07) is 0.601. The number of hydrogen-bond acceptors (Lipinski definition) is 3. The Kier molecular flexibility index (Phi) is 3.93. The minimum Gasteiger partial charge on any atom is -0.314 e. The lowest BCUT2D eigenvalue weighted by Gasteiger charge is -2.23. The molecule has 0 bridgehead atoms. The minimum atomic E-state index is 0.601. The van der Waals surface area contributed by atoms with E-state index in [2.05, 4.69) is 33.9 Å². The summed E-state index contributed by atoms with van der Waals surface area (Å²) < 4.78 is 2.06. The number of piperidine rings is 1. The second-order valence-corrected chi connectivity index (χ2v) is 5.10. The molecular weight excluding hydrogens is 200 g/mol. The molecule has 1 aliphatic rings. The Labute approximate surface area is 97.5 Å². The summed E-state index contributed by atoms with van der Waals surface area (Å²) in [5.41, 5.74) is 0. The van der Waals surface area contributed by atoms with Crippen LogP contribution in [0.25, 0.3) is 0 Å². The zero-order valence-electron chi connectivity index (χ0n) is 10.3. The molecule has 2 rings (SSSR count). The Morgan fingerprint density at radius 2 is 2.38 bits per heavy atom. The summed E-state index contributed by atoms with van der Waals surface area (Å²) in [6.45, 7) is 6.56. The van der Waals surface area contributed by atoms with Gasteiger partial charge in [-0.15, -0.1) is 0 Å². The summed E-state index contributed by atoms with van der Waals surface area (Å²) >= 11 is 0. The first-order valence-electron chi connectivity index (χ1n) is 6.36. The topological polar surface area (TPSA) is 42.7 Å². The van der Waals surface area contributed by atoms with Crippen LogP contribution >= 0.6 is 0 Å². The highest BCUT2D eigenvalue weighted by molar-refractivity contribution is 4.91. The third-order valence-corrected chi connectivity index (χ3v) is 3.08. The number of rotatable bonds is 4. The normalized spacial score (nSPS) is 21.6. The lowest BCUT2D eigenvalue weighted by atomic mass is 10.0. The van der Waals surface area contributed by atoms with E-state index in [4.69, 9.17) is 0 Å². The van der Waals surface area contributed by atoms with Gasteiger partial charge in [0.2, 0.25) is 0 Å². The Hall–Kier alpha value is -0.900. The molecule has 0 amide bonds. The van der Waals surface area contributed by atoms with E-state index in [9.17, 15) is 0 Å². The summed E-state index contributed by atoms with van der Waals surface area (Å²) in [6.07, 6.45) is 6.63. The molecule has 1 aromatic heterocycles. The number of aromatic nitrogens is 3. The van der Waals surface area contributed by atoms with Gasteiger partial charge in [-0.05, 0) is 25.3 Å². The van der Waals surface area contributed by atoms with Crippen LogP contribution in [0, 0.1) is 5.92 Å². The highest BCUT2D eigenvalue weighted by Gasteiger charge is 2.16. The number of hydrogen-bond donors (Lipinski definition) is 1. The Bertz CT molecular complexity index is 313. The molecule has 0 aliphatic carbocycles. The van der Waals surface area contributed by atoms with Gasteiger partial charge in [-0.2, -0.15) is 5.10 Å². The van der Waals surface area contributed by atoms with Crippen molar-refractivity contribution in [3.05, 3.63) is 12.2 Å². The van der Waals surface area contributed by atoms with E-state index in [-0.39, 0.29) is 0 Å². The standard InChI is InChI=1S/C12H22N4/c1-10(2)8-16-12(14-9-15-16)7-11-5-3-4-6-13-11/h9-11,13H,3-8H2,1-2H3. The van der Waals surface area contributed by atoms with Crippen LogP contribution < -0.4 is 5.32 Å². The molecule has 1 fully saturated rings. The van der Waals surface area contributed by atoms with Crippen molar-refractivity contribution in [1.82, 2.24) is 20.1 Å². The summed E-state index contributed by atoms with van der Waals surface area (Å²) in [4.78, 5) is 4.38. The Morgan fingerprint density at radius 1 is 1.50 bits per heavy atom. The van der Waals surface area contributed by atoms with Crippen LogP contribution in [0.2, 0.25) is 0 Å². The van der Waals surface area contributed by atoms with Gasteiger partial charge < -0.3 is 5.32 Å². The Morgan fingerprint density at radius 3 is 3.06 bits per heavy atom. The van der Waals surface area contributed by atoms with Crippen LogP contribution in [0.15, 0.2) is 6.33 Å². The van der Waals surface area contributed by atoms with Gasteiger partial charge in [-0.1, -0.05) is 20.3 Å². The van der Waals surface area contributed by atoms with Crippen molar-refractivity contribution in [2.45, 2.75) is 52.1 Å². The maximum absolute atomic E-state index is 4.38. The fraction of sp³-hybridized carbons (Fsp3) is 0.833. The van der Waals surface area contributed by atoms with Crippen molar-refractivity contribution in [2.75, 3.05) is 6.54 Å². The molecule has 0 spiro atoms. The molecule has 1 N–H and O–H groups in total.